The Labute approximate surface area is 163 Å². The highest BCUT2D eigenvalue weighted by Gasteiger charge is 2.16. The van der Waals surface area contributed by atoms with Gasteiger partial charge in [-0.05, 0) is 30.2 Å². The second-order valence-electron chi connectivity index (χ2n) is 6.46. The molecule has 4 aromatic rings. The molecular formula is C23H21N3O2. The van der Waals surface area contributed by atoms with Gasteiger partial charge in [-0.15, -0.1) is 0 Å². The lowest BCUT2D eigenvalue weighted by Gasteiger charge is -2.10. The number of para-hydroxylation sites is 1. The van der Waals surface area contributed by atoms with E-state index >= 15 is 0 Å². The van der Waals surface area contributed by atoms with E-state index < -0.39 is 0 Å². The normalized spacial score (nSPS) is 10.8. The Morgan fingerprint density at radius 1 is 1.00 bits per heavy atom. The molecule has 140 valence electrons. The number of aryl methyl sites for hydroxylation is 1. The van der Waals surface area contributed by atoms with Gasteiger partial charge in [-0.2, -0.15) is 0 Å². The SMILES string of the molecule is COc1ccccc1CCC(=O)Nc1c(-c2ccccc2)nc2ccccn12. The van der Waals surface area contributed by atoms with Gasteiger partial charge in [0.25, 0.3) is 0 Å². The molecule has 1 N–H and O–H groups in total. The lowest BCUT2D eigenvalue weighted by molar-refractivity contribution is -0.116. The smallest absolute Gasteiger partial charge is 0.225 e. The maximum Gasteiger partial charge on any atom is 0.225 e. The van der Waals surface area contributed by atoms with Gasteiger partial charge in [0.05, 0.1) is 7.11 Å². The number of fused-ring (bicyclic) bond motifs is 1. The highest BCUT2D eigenvalue weighted by molar-refractivity contribution is 5.94. The van der Waals surface area contributed by atoms with Crippen LogP contribution in [0.5, 0.6) is 5.75 Å². The molecule has 0 saturated heterocycles. The van der Waals surface area contributed by atoms with Crippen LogP contribution in [0.3, 0.4) is 0 Å². The maximum atomic E-state index is 12.7. The molecular weight excluding hydrogens is 350 g/mol. The number of pyridine rings is 1. The highest BCUT2D eigenvalue weighted by atomic mass is 16.5. The fourth-order valence-electron chi connectivity index (χ4n) is 3.26. The van der Waals surface area contributed by atoms with E-state index in [1.165, 1.54) is 0 Å². The number of nitrogens with zero attached hydrogens (tertiary/aromatic N) is 2. The lowest BCUT2D eigenvalue weighted by Crippen LogP contribution is -2.14. The summed E-state index contributed by atoms with van der Waals surface area (Å²) in [4.78, 5) is 17.4. The van der Waals surface area contributed by atoms with Gasteiger partial charge in [0.1, 0.15) is 22.9 Å². The van der Waals surface area contributed by atoms with E-state index in [9.17, 15) is 4.79 Å². The van der Waals surface area contributed by atoms with Crippen molar-refractivity contribution in [1.29, 1.82) is 0 Å². The van der Waals surface area contributed by atoms with E-state index in [1.807, 2.05) is 83.4 Å². The second-order valence-corrected chi connectivity index (χ2v) is 6.46. The second kappa shape index (κ2) is 7.96. The Hall–Kier alpha value is -3.60. The highest BCUT2D eigenvalue weighted by Crippen LogP contribution is 2.29. The lowest BCUT2D eigenvalue weighted by atomic mass is 10.1. The van der Waals surface area contributed by atoms with Gasteiger partial charge in [-0.3, -0.25) is 9.20 Å². The van der Waals surface area contributed by atoms with Crippen LogP contribution in [-0.4, -0.2) is 22.4 Å². The van der Waals surface area contributed by atoms with E-state index in [4.69, 9.17) is 9.72 Å². The molecule has 5 nitrogen and oxygen atoms in total. The third-order valence-corrected chi connectivity index (χ3v) is 4.65. The van der Waals surface area contributed by atoms with Crippen molar-refractivity contribution in [3.8, 4) is 17.0 Å². The Kier molecular flexibility index (Phi) is 5.06. The third-order valence-electron chi connectivity index (χ3n) is 4.65. The van der Waals surface area contributed by atoms with Crippen LogP contribution in [-0.2, 0) is 11.2 Å². The van der Waals surface area contributed by atoms with Crippen molar-refractivity contribution in [3.05, 3.63) is 84.6 Å². The summed E-state index contributed by atoms with van der Waals surface area (Å²) in [5, 5.41) is 3.06. The van der Waals surface area contributed by atoms with Crippen molar-refractivity contribution >= 4 is 17.4 Å². The molecule has 0 aliphatic rings. The Balaban J connectivity index is 1.59. The first-order valence-electron chi connectivity index (χ1n) is 9.20. The zero-order valence-corrected chi connectivity index (χ0v) is 15.6. The van der Waals surface area contributed by atoms with Gasteiger partial charge < -0.3 is 10.1 Å². The molecule has 2 heterocycles. The number of rotatable bonds is 6. The molecule has 28 heavy (non-hydrogen) atoms. The first-order valence-corrected chi connectivity index (χ1v) is 9.20. The monoisotopic (exact) mass is 371 g/mol. The molecule has 0 aliphatic heterocycles. The standard InChI is InChI=1S/C23H21N3O2/c1-28-19-12-6-5-9-17(19)14-15-21(27)25-23-22(18-10-3-2-4-11-18)24-20-13-7-8-16-26(20)23/h2-13,16H,14-15H2,1H3,(H,25,27). The first-order chi connectivity index (χ1) is 13.8. The first kappa shape index (κ1) is 17.8. The van der Waals surface area contributed by atoms with Crippen LogP contribution in [0.15, 0.2) is 79.0 Å². The fourth-order valence-corrected chi connectivity index (χ4v) is 3.26. The number of aromatic nitrogens is 2. The van der Waals surface area contributed by atoms with Crippen molar-refractivity contribution in [2.24, 2.45) is 0 Å². The number of nitrogens with one attached hydrogen (secondary N) is 1. The number of ether oxygens (including phenoxy) is 1. The molecule has 2 aromatic carbocycles. The van der Waals surface area contributed by atoms with E-state index in [-0.39, 0.29) is 5.91 Å². The van der Waals surface area contributed by atoms with Gasteiger partial charge >= 0.3 is 0 Å². The summed E-state index contributed by atoms with van der Waals surface area (Å²) in [5.41, 5.74) is 3.53. The number of hydrogen-bond donors (Lipinski definition) is 1. The van der Waals surface area contributed by atoms with Crippen LogP contribution in [0.1, 0.15) is 12.0 Å². The molecule has 5 heteroatoms. The molecule has 0 atom stereocenters. The Morgan fingerprint density at radius 2 is 1.75 bits per heavy atom. The average Bonchev–Trinajstić information content (AvgIpc) is 3.11. The van der Waals surface area contributed by atoms with Gasteiger partial charge in [0, 0.05) is 18.2 Å². The van der Waals surface area contributed by atoms with E-state index in [0.717, 1.165) is 28.2 Å². The van der Waals surface area contributed by atoms with Crippen molar-refractivity contribution < 1.29 is 9.53 Å². The minimum atomic E-state index is -0.0614. The van der Waals surface area contributed by atoms with Crippen LogP contribution in [0, 0.1) is 0 Å². The van der Waals surface area contributed by atoms with Gasteiger partial charge in [0.15, 0.2) is 0 Å². The minimum Gasteiger partial charge on any atom is -0.496 e. The van der Waals surface area contributed by atoms with Crippen molar-refractivity contribution in [2.75, 3.05) is 12.4 Å². The van der Waals surface area contributed by atoms with Crippen molar-refractivity contribution in [3.63, 3.8) is 0 Å². The summed E-state index contributed by atoms with van der Waals surface area (Å²) in [5.74, 6) is 1.43. The Bertz CT molecular complexity index is 1100. The zero-order chi connectivity index (χ0) is 19.3. The molecule has 0 unspecified atom stereocenters. The van der Waals surface area contributed by atoms with Crippen molar-refractivity contribution in [2.45, 2.75) is 12.8 Å². The van der Waals surface area contributed by atoms with E-state index in [0.29, 0.717) is 18.7 Å². The molecule has 0 saturated carbocycles. The number of amides is 1. The van der Waals surface area contributed by atoms with E-state index in [2.05, 4.69) is 5.32 Å². The van der Waals surface area contributed by atoms with Crippen LogP contribution in [0.2, 0.25) is 0 Å². The molecule has 0 bridgehead atoms. The number of benzene rings is 2. The Morgan fingerprint density at radius 3 is 2.57 bits per heavy atom. The summed E-state index contributed by atoms with van der Waals surface area (Å²) in [6.07, 6.45) is 2.87. The molecule has 0 radical (unpaired) electrons. The molecule has 0 fully saturated rings. The fraction of sp³-hybridized carbons (Fsp3) is 0.130. The molecule has 0 aliphatic carbocycles. The predicted octanol–water partition coefficient (Wildman–Crippen LogP) is 4.58. The topological polar surface area (TPSA) is 55.6 Å². The van der Waals surface area contributed by atoms with E-state index in [1.54, 1.807) is 7.11 Å². The molecule has 2 aromatic heterocycles. The summed E-state index contributed by atoms with van der Waals surface area (Å²) >= 11 is 0. The molecule has 1 amide bonds. The van der Waals surface area contributed by atoms with Crippen LogP contribution < -0.4 is 10.1 Å². The van der Waals surface area contributed by atoms with Crippen LogP contribution >= 0.6 is 0 Å². The summed E-state index contributed by atoms with van der Waals surface area (Å²) in [7, 11) is 1.64. The van der Waals surface area contributed by atoms with Gasteiger partial charge in [-0.1, -0.05) is 54.6 Å². The largest absolute Gasteiger partial charge is 0.496 e. The number of hydrogen-bond acceptors (Lipinski definition) is 3. The number of anilines is 1. The number of methoxy groups -OCH3 is 1. The van der Waals surface area contributed by atoms with Gasteiger partial charge in [0.2, 0.25) is 5.91 Å². The zero-order valence-electron chi connectivity index (χ0n) is 15.6. The van der Waals surface area contributed by atoms with Gasteiger partial charge in [-0.25, -0.2) is 4.98 Å². The average molecular weight is 371 g/mol. The third kappa shape index (κ3) is 3.60. The minimum absolute atomic E-state index is 0.0614. The predicted molar refractivity (Wildman–Crippen MR) is 111 cm³/mol. The maximum absolute atomic E-state index is 12.7. The van der Waals surface area contributed by atoms with Crippen LogP contribution in [0.25, 0.3) is 16.9 Å². The quantitative estimate of drug-likeness (QED) is 0.540. The van der Waals surface area contributed by atoms with Crippen LogP contribution in [0.4, 0.5) is 5.82 Å². The number of carbonyl (C=O) groups is 1. The number of imidazole rings is 1. The van der Waals surface area contributed by atoms with Crippen molar-refractivity contribution in [1.82, 2.24) is 9.38 Å². The summed E-state index contributed by atoms with van der Waals surface area (Å²) in [6, 6.07) is 23.4. The summed E-state index contributed by atoms with van der Waals surface area (Å²) < 4.78 is 7.28. The molecule has 4 rings (SSSR count). The molecule has 0 spiro atoms. The summed E-state index contributed by atoms with van der Waals surface area (Å²) in [6.45, 7) is 0. The number of carbonyl (C=O) groups excluding carboxylic acids is 1.